The average molecular weight is 483 g/mol. The summed E-state index contributed by atoms with van der Waals surface area (Å²) in [5.74, 6) is -0.299. The van der Waals surface area contributed by atoms with Crippen molar-refractivity contribution in [3.63, 3.8) is 0 Å². The average Bonchev–Trinajstić information content (AvgIpc) is 2.91. The van der Waals surface area contributed by atoms with Crippen LogP contribution in [-0.2, 0) is 11.3 Å². The van der Waals surface area contributed by atoms with Gasteiger partial charge >= 0.3 is 0 Å². The van der Waals surface area contributed by atoms with Gasteiger partial charge in [-0.3, -0.25) is 14.5 Å². The zero-order valence-electron chi connectivity index (χ0n) is 20.4. The minimum Gasteiger partial charge on any atom is -0.379 e. The molecular formula is C29H30N4O3. The molecule has 36 heavy (non-hydrogen) atoms. The number of ether oxygens (including phenoxy) is 1. The van der Waals surface area contributed by atoms with Crippen molar-refractivity contribution < 1.29 is 9.53 Å². The van der Waals surface area contributed by atoms with Gasteiger partial charge in [0, 0.05) is 25.0 Å². The standard InChI is InChI=1S/C29H30N4O3/c1-21-11-13-23(14-12-21)26(20-32-15-17-36-18-16-32)30-28(34)27-24-9-5-6-10-25(24)29(35)33(31-27)19-22-7-3-2-4-8-22/h2-14,26H,15-20H2,1H3,(H,30,34). The van der Waals surface area contributed by atoms with Crippen molar-refractivity contribution in [2.75, 3.05) is 32.8 Å². The van der Waals surface area contributed by atoms with Crippen LogP contribution in [0.4, 0.5) is 0 Å². The highest BCUT2D eigenvalue weighted by molar-refractivity contribution is 6.04. The van der Waals surface area contributed by atoms with Crippen molar-refractivity contribution in [2.45, 2.75) is 19.5 Å². The number of carbonyl (C=O) groups is 1. The number of nitrogens with one attached hydrogen (secondary N) is 1. The van der Waals surface area contributed by atoms with Gasteiger partial charge < -0.3 is 10.1 Å². The zero-order valence-corrected chi connectivity index (χ0v) is 20.4. The fourth-order valence-corrected chi connectivity index (χ4v) is 4.57. The summed E-state index contributed by atoms with van der Waals surface area (Å²) in [5, 5.41) is 8.82. The number of nitrogens with zero attached hydrogens (tertiary/aromatic N) is 3. The van der Waals surface area contributed by atoms with Gasteiger partial charge in [0.05, 0.1) is 31.2 Å². The first kappa shape index (κ1) is 23.9. The summed E-state index contributed by atoms with van der Waals surface area (Å²) in [7, 11) is 0. The highest BCUT2D eigenvalue weighted by atomic mass is 16.5. The van der Waals surface area contributed by atoms with Gasteiger partial charge in [-0.05, 0) is 24.1 Å². The maximum Gasteiger partial charge on any atom is 0.274 e. The predicted octanol–water partition coefficient (Wildman–Crippen LogP) is 3.56. The summed E-state index contributed by atoms with van der Waals surface area (Å²) in [4.78, 5) is 29.2. The van der Waals surface area contributed by atoms with E-state index in [-0.39, 0.29) is 23.2 Å². The Morgan fingerprint density at radius 3 is 2.33 bits per heavy atom. The highest BCUT2D eigenvalue weighted by Gasteiger charge is 2.23. The molecule has 1 aliphatic heterocycles. The van der Waals surface area contributed by atoms with E-state index < -0.39 is 0 Å². The lowest BCUT2D eigenvalue weighted by Gasteiger charge is -2.31. The summed E-state index contributed by atoms with van der Waals surface area (Å²) >= 11 is 0. The quantitative estimate of drug-likeness (QED) is 0.436. The Labute approximate surface area is 210 Å². The molecule has 0 aliphatic carbocycles. The van der Waals surface area contributed by atoms with E-state index >= 15 is 0 Å². The van der Waals surface area contributed by atoms with Crippen LogP contribution < -0.4 is 10.9 Å². The van der Waals surface area contributed by atoms with E-state index in [1.54, 1.807) is 12.1 Å². The monoisotopic (exact) mass is 482 g/mol. The molecule has 0 spiro atoms. The number of benzene rings is 3. The molecule has 1 amide bonds. The summed E-state index contributed by atoms with van der Waals surface area (Å²) in [6.07, 6.45) is 0. The van der Waals surface area contributed by atoms with Gasteiger partial charge in [0.25, 0.3) is 11.5 Å². The molecule has 1 saturated heterocycles. The molecule has 2 heterocycles. The van der Waals surface area contributed by atoms with Crippen LogP contribution >= 0.6 is 0 Å². The molecule has 0 bridgehead atoms. The number of amides is 1. The summed E-state index contributed by atoms with van der Waals surface area (Å²) in [6, 6.07) is 24.8. The van der Waals surface area contributed by atoms with Gasteiger partial charge in [0.1, 0.15) is 0 Å². The van der Waals surface area contributed by atoms with E-state index in [1.807, 2.05) is 49.4 Å². The molecule has 1 aromatic heterocycles. The molecule has 7 heteroatoms. The van der Waals surface area contributed by atoms with E-state index in [4.69, 9.17) is 4.74 Å². The molecule has 1 unspecified atom stereocenters. The maximum atomic E-state index is 13.7. The number of hydrogen-bond donors (Lipinski definition) is 1. The van der Waals surface area contributed by atoms with Crippen LogP contribution in [0.5, 0.6) is 0 Å². The number of morpholine rings is 1. The number of hydrogen-bond acceptors (Lipinski definition) is 5. The van der Waals surface area contributed by atoms with Crippen molar-refractivity contribution in [1.82, 2.24) is 20.0 Å². The van der Waals surface area contributed by atoms with E-state index in [0.717, 1.165) is 29.8 Å². The Kier molecular flexibility index (Phi) is 7.21. The van der Waals surface area contributed by atoms with Crippen molar-refractivity contribution in [3.8, 4) is 0 Å². The SMILES string of the molecule is Cc1ccc(C(CN2CCOCC2)NC(=O)c2nn(Cc3ccccc3)c(=O)c3ccccc23)cc1. The van der Waals surface area contributed by atoms with Gasteiger partial charge in [-0.15, -0.1) is 0 Å². The van der Waals surface area contributed by atoms with Gasteiger partial charge in [-0.1, -0.05) is 78.4 Å². The predicted molar refractivity (Wildman–Crippen MR) is 140 cm³/mol. The van der Waals surface area contributed by atoms with Gasteiger partial charge in [-0.2, -0.15) is 5.10 Å². The molecule has 1 atom stereocenters. The Hall–Kier alpha value is -3.81. The fraction of sp³-hybridized carbons (Fsp3) is 0.276. The molecule has 1 aliphatic rings. The van der Waals surface area contributed by atoms with Crippen molar-refractivity contribution in [1.29, 1.82) is 0 Å². The number of fused-ring (bicyclic) bond motifs is 1. The first-order chi connectivity index (χ1) is 17.6. The highest BCUT2D eigenvalue weighted by Crippen LogP contribution is 2.19. The first-order valence-corrected chi connectivity index (χ1v) is 12.3. The number of rotatable bonds is 7. The fourth-order valence-electron chi connectivity index (χ4n) is 4.57. The molecule has 0 saturated carbocycles. The lowest BCUT2D eigenvalue weighted by atomic mass is 10.0. The van der Waals surface area contributed by atoms with Crippen LogP contribution in [0.25, 0.3) is 10.8 Å². The molecule has 3 aromatic carbocycles. The number of aryl methyl sites for hydroxylation is 1. The second kappa shape index (κ2) is 10.8. The first-order valence-electron chi connectivity index (χ1n) is 12.3. The molecule has 0 radical (unpaired) electrons. The Morgan fingerprint density at radius 2 is 1.61 bits per heavy atom. The normalized spacial score (nSPS) is 15.0. The Bertz CT molecular complexity index is 1390. The van der Waals surface area contributed by atoms with Crippen molar-refractivity contribution >= 4 is 16.7 Å². The van der Waals surface area contributed by atoms with Crippen molar-refractivity contribution in [3.05, 3.63) is 112 Å². The maximum absolute atomic E-state index is 13.7. The second-order valence-electron chi connectivity index (χ2n) is 9.19. The summed E-state index contributed by atoms with van der Waals surface area (Å²) in [6.45, 7) is 6.02. The van der Waals surface area contributed by atoms with E-state index in [1.165, 1.54) is 4.68 Å². The third kappa shape index (κ3) is 5.37. The van der Waals surface area contributed by atoms with Gasteiger partial charge in [0.15, 0.2) is 5.69 Å². The number of carbonyl (C=O) groups excluding carboxylic acids is 1. The van der Waals surface area contributed by atoms with Crippen LogP contribution in [0.2, 0.25) is 0 Å². The lowest BCUT2D eigenvalue weighted by Crippen LogP contribution is -2.43. The smallest absolute Gasteiger partial charge is 0.274 e. The van der Waals surface area contributed by atoms with Crippen LogP contribution in [0.3, 0.4) is 0 Å². The molecule has 1 N–H and O–H groups in total. The molecule has 1 fully saturated rings. The Morgan fingerprint density at radius 1 is 0.944 bits per heavy atom. The van der Waals surface area contributed by atoms with E-state index in [2.05, 4.69) is 39.6 Å². The van der Waals surface area contributed by atoms with Crippen LogP contribution in [0.15, 0.2) is 83.7 Å². The third-order valence-corrected chi connectivity index (χ3v) is 6.59. The van der Waals surface area contributed by atoms with Crippen LogP contribution in [-0.4, -0.2) is 53.4 Å². The van der Waals surface area contributed by atoms with Crippen LogP contribution in [0, 0.1) is 6.92 Å². The minimum absolute atomic E-state index is 0.214. The largest absolute Gasteiger partial charge is 0.379 e. The molecule has 7 nitrogen and oxygen atoms in total. The summed E-state index contributed by atoms with van der Waals surface area (Å²) in [5.41, 5.74) is 3.17. The second-order valence-corrected chi connectivity index (χ2v) is 9.19. The van der Waals surface area contributed by atoms with Gasteiger partial charge in [-0.25, -0.2) is 4.68 Å². The number of aromatic nitrogens is 2. The lowest BCUT2D eigenvalue weighted by molar-refractivity contribution is 0.0332. The van der Waals surface area contributed by atoms with E-state index in [0.29, 0.717) is 37.1 Å². The molecule has 5 rings (SSSR count). The van der Waals surface area contributed by atoms with E-state index in [9.17, 15) is 9.59 Å². The third-order valence-electron chi connectivity index (χ3n) is 6.59. The zero-order chi connectivity index (χ0) is 24.9. The summed E-state index contributed by atoms with van der Waals surface area (Å²) < 4.78 is 6.89. The van der Waals surface area contributed by atoms with Crippen molar-refractivity contribution in [2.24, 2.45) is 0 Å². The molecular weight excluding hydrogens is 452 g/mol. The Balaban J connectivity index is 1.50. The molecule has 4 aromatic rings. The van der Waals surface area contributed by atoms with Gasteiger partial charge in [0.2, 0.25) is 0 Å². The van der Waals surface area contributed by atoms with Crippen LogP contribution in [0.1, 0.15) is 33.2 Å². The topological polar surface area (TPSA) is 76.5 Å². The molecule has 184 valence electrons. The minimum atomic E-state index is -0.299.